The van der Waals surface area contributed by atoms with Crippen molar-refractivity contribution in [1.82, 2.24) is 0 Å². The second-order valence-electron chi connectivity index (χ2n) is 16.4. The standard InChI is InChI=1S/C48H61N2O6/c1-9-54-42(51)26-19-30-48(6)37-22-15-16-23-38(37)49(31-18-17-27-43(52-7)53-8)41(48)25-12-10-11-24-40-47(4,5)44-36-21-14-13-20-35(36)28-29-39(44)50(40)34-46(2,3)45-55-32-33-56-45/h10-17,20-25,27-29,43,45H,9,18-19,26,30-34H2,1-8H3/q+1/b27-17+. The van der Waals surface area contributed by atoms with Gasteiger partial charge in [0.2, 0.25) is 5.69 Å². The molecule has 1 unspecified atom stereocenters. The van der Waals surface area contributed by atoms with Gasteiger partial charge in [-0.25, -0.2) is 0 Å². The highest BCUT2D eigenvalue weighted by atomic mass is 16.7. The first-order chi connectivity index (χ1) is 27.0. The number of benzene rings is 3. The highest BCUT2D eigenvalue weighted by molar-refractivity contribution is 6.07. The predicted octanol–water partition coefficient (Wildman–Crippen LogP) is 9.69. The van der Waals surface area contributed by atoms with Gasteiger partial charge in [-0.15, -0.1) is 0 Å². The molecule has 0 bridgehead atoms. The molecule has 0 radical (unpaired) electrons. The zero-order valence-corrected chi connectivity index (χ0v) is 34.7. The van der Waals surface area contributed by atoms with Crippen LogP contribution < -0.4 is 4.90 Å². The van der Waals surface area contributed by atoms with E-state index in [9.17, 15) is 4.79 Å². The Hall–Kier alpha value is -4.34. The summed E-state index contributed by atoms with van der Waals surface area (Å²) < 4.78 is 30.6. The fraction of sp³-hybridized carbons (Fsp3) is 0.458. The van der Waals surface area contributed by atoms with Gasteiger partial charge in [0, 0.05) is 61.7 Å². The van der Waals surface area contributed by atoms with Crippen LogP contribution in [0.2, 0.25) is 0 Å². The third kappa shape index (κ3) is 8.49. The second kappa shape index (κ2) is 17.9. The SMILES string of the molecule is CCOC(=O)CCCC1(C)\C(=C/C=C/C=C/C2=[N+](CC(C)(C)C3OCCO3)c3ccc4ccccc4c3C2(C)C)N(CC/C=C/C(OC)OC)c2ccccc21. The minimum Gasteiger partial charge on any atom is -0.466 e. The maximum atomic E-state index is 12.4. The Morgan fingerprint density at radius 1 is 0.982 bits per heavy atom. The molecule has 0 spiro atoms. The number of ether oxygens (including phenoxy) is 5. The summed E-state index contributed by atoms with van der Waals surface area (Å²) in [5, 5.41) is 2.53. The van der Waals surface area contributed by atoms with Crippen molar-refractivity contribution in [3.05, 3.63) is 120 Å². The zero-order chi connectivity index (χ0) is 39.9. The topological polar surface area (TPSA) is 69.5 Å². The van der Waals surface area contributed by atoms with E-state index in [1.807, 2.05) is 13.0 Å². The Balaban J connectivity index is 1.34. The highest BCUT2D eigenvalue weighted by Gasteiger charge is 2.49. The number of hydrogen-bond donors (Lipinski definition) is 0. The maximum absolute atomic E-state index is 12.4. The number of nitrogens with zero attached hydrogens (tertiary/aromatic N) is 2. The van der Waals surface area contributed by atoms with Crippen LogP contribution in [0.25, 0.3) is 10.8 Å². The van der Waals surface area contributed by atoms with E-state index >= 15 is 0 Å². The number of carbonyl (C=O) groups is 1. The summed E-state index contributed by atoms with van der Waals surface area (Å²) in [5.74, 6) is -0.144. The summed E-state index contributed by atoms with van der Waals surface area (Å²) in [6, 6.07) is 21.9. The number of esters is 1. The molecule has 0 aromatic heterocycles. The molecule has 3 aliphatic rings. The number of carbonyl (C=O) groups excluding carboxylic acids is 1. The van der Waals surface area contributed by atoms with Crippen LogP contribution in [-0.2, 0) is 39.3 Å². The van der Waals surface area contributed by atoms with E-state index in [0.717, 1.165) is 32.4 Å². The average Bonchev–Trinajstić information content (AvgIpc) is 3.87. The maximum Gasteiger partial charge on any atom is 0.305 e. The summed E-state index contributed by atoms with van der Waals surface area (Å²) >= 11 is 0. The highest BCUT2D eigenvalue weighted by Crippen LogP contribution is 2.51. The molecule has 3 aromatic rings. The molecule has 3 aromatic carbocycles. The smallest absolute Gasteiger partial charge is 0.305 e. The largest absolute Gasteiger partial charge is 0.466 e. The van der Waals surface area contributed by atoms with Crippen molar-refractivity contribution in [2.45, 2.75) is 90.6 Å². The molecular weight excluding hydrogens is 701 g/mol. The third-order valence-electron chi connectivity index (χ3n) is 11.6. The van der Waals surface area contributed by atoms with E-state index in [2.05, 4.69) is 141 Å². The van der Waals surface area contributed by atoms with Crippen molar-refractivity contribution in [2.24, 2.45) is 5.41 Å². The van der Waals surface area contributed by atoms with Crippen LogP contribution in [0, 0.1) is 5.41 Å². The van der Waals surface area contributed by atoms with Gasteiger partial charge < -0.3 is 28.6 Å². The zero-order valence-electron chi connectivity index (χ0n) is 34.7. The minimum absolute atomic E-state index is 0.144. The van der Waals surface area contributed by atoms with Gasteiger partial charge in [-0.3, -0.25) is 4.79 Å². The number of rotatable bonds is 17. The van der Waals surface area contributed by atoms with Crippen LogP contribution in [0.3, 0.4) is 0 Å². The number of methoxy groups -OCH3 is 2. The third-order valence-corrected chi connectivity index (χ3v) is 11.6. The lowest BCUT2D eigenvalue weighted by Gasteiger charge is -2.30. The number of allylic oxidation sites excluding steroid dienone is 6. The van der Waals surface area contributed by atoms with E-state index in [-0.39, 0.29) is 34.8 Å². The fourth-order valence-corrected chi connectivity index (χ4v) is 8.86. The minimum atomic E-state index is -0.376. The Labute approximate surface area is 334 Å². The molecular formula is C48H61N2O6+. The quantitative estimate of drug-likeness (QED) is 0.0446. The van der Waals surface area contributed by atoms with Gasteiger partial charge in [0.05, 0.1) is 30.7 Å². The second-order valence-corrected chi connectivity index (χ2v) is 16.4. The molecule has 0 aliphatic carbocycles. The van der Waals surface area contributed by atoms with Crippen molar-refractivity contribution < 1.29 is 33.1 Å². The summed E-state index contributed by atoms with van der Waals surface area (Å²) in [4.78, 5) is 14.8. The molecule has 298 valence electrons. The molecule has 1 saturated heterocycles. The van der Waals surface area contributed by atoms with Crippen LogP contribution in [0.5, 0.6) is 0 Å². The van der Waals surface area contributed by atoms with Gasteiger partial charge >= 0.3 is 5.97 Å². The van der Waals surface area contributed by atoms with E-state index in [0.29, 0.717) is 26.2 Å². The van der Waals surface area contributed by atoms with Crippen molar-refractivity contribution in [2.75, 3.05) is 52.0 Å². The first-order valence-corrected chi connectivity index (χ1v) is 20.2. The summed E-state index contributed by atoms with van der Waals surface area (Å²) in [6.07, 6.45) is 17.2. The Bertz CT molecular complexity index is 2010. The normalized spacial score (nSPS) is 20.6. The van der Waals surface area contributed by atoms with Crippen LogP contribution in [0.4, 0.5) is 11.4 Å². The number of hydrogen-bond acceptors (Lipinski definition) is 7. The van der Waals surface area contributed by atoms with E-state index in [1.165, 1.54) is 44.7 Å². The lowest BCUT2D eigenvalue weighted by molar-refractivity contribution is -0.463. The van der Waals surface area contributed by atoms with Crippen molar-refractivity contribution >= 4 is 33.8 Å². The van der Waals surface area contributed by atoms with Crippen molar-refractivity contribution in [3.63, 3.8) is 0 Å². The Morgan fingerprint density at radius 2 is 1.71 bits per heavy atom. The van der Waals surface area contributed by atoms with Gasteiger partial charge in [-0.1, -0.05) is 66.8 Å². The molecule has 3 aliphatic heterocycles. The van der Waals surface area contributed by atoms with Crippen LogP contribution in [0.15, 0.2) is 109 Å². The van der Waals surface area contributed by atoms with Crippen LogP contribution in [-0.4, -0.2) is 76.0 Å². The Kier molecular flexibility index (Phi) is 13.2. The Morgan fingerprint density at radius 3 is 2.46 bits per heavy atom. The number of anilines is 1. The first kappa shape index (κ1) is 41.3. The monoisotopic (exact) mass is 761 g/mol. The molecule has 8 nitrogen and oxygen atoms in total. The molecule has 3 heterocycles. The fourth-order valence-electron chi connectivity index (χ4n) is 8.86. The first-order valence-electron chi connectivity index (χ1n) is 20.2. The van der Waals surface area contributed by atoms with Gasteiger partial charge in [0.25, 0.3) is 0 Å². The lowest BCUT2D eigenvalue weighted by Crippen LogP contribution is -2.39. The molecule has 8 heteroatoms. The van der Waals surface area contributed by atoms with Crippen LogP contribution >= 0.6 is 0 Å². The lowest BCUT2D eigenvalue weighted by atomic mass is 9.77. The molecule has 6 rings (SSSR count). The molecule has 1 fully saturated rings. The van der Waals surface area contributed by atoms with E-state index in [4.69, 9.17) is 23.7 Å². The molecule has 0 saturated carbocycles. The molecule has 56 heavy (non-hydrogen) atoms. The van der Waals surface area contributed by atoms with Gasteiger partial charge in [-0.05, 0) is 101 Å². The van der Waals surface area contributed by atoms with Crippen LogP contribution in [0.1, 0.15) is 78.4 Å². The van der Waals surface area contributed by atoms with Crippen molar-refractivity contribution in [1.29, 1.82) is 0 Å². The van der Waals surface area contributed by atoms with E-state index in [1.54, 1.807) is 14.2 Å². The molecule has 0 N–H and O–H groups in total. The average molecular weight is 762 g/mol. The van der Waals surface area contributed by atoms with Gasteiger partial charge in [-0.2, -0.15) is 4.58 Å². The summed E-state index contributed by atoms with van der Waals surface area (Å²) in [6.45, 7) is 16.5. The van der Waals surface area contributed by atoms with Gasteiger partial charge in [0.15, 0.2) is 24.8 Å². The molecule has 0 amide bonds. The summed E-state index contributed by atoms with van der Waals surface area (Å²) in [5.41, 5.74) is 6.72. The summed E-state index contributed by atoms with van der Waals surface area (Å²) in [7, 11) is 3.29. The number of fused-ring (bicyclic) bond motifs is 4. The molecule has 1 atom stereocenters. The predicted molar refractivity (Wildman–Crippen MR) is 226 cm³/mol. The number of para-hydroxylation sites is 1. The van der Waals surface area contributed by atoms with E-state index < -0.39 is 0 Å². The van der Waals surface area contributed by atoms with Gasteiger partial charge in [0.1, 0.15) is 0 Å². The van der Waals surface area contributed by atoms with Crippen molar-refractivity contribution in [3.8, 4) is 0 Å².